The number of sulfonamides is 1. The van der Waals surface area contributed by atoms with E-state index in [1.165, 1.54) is 0 Å². The number of carbonyl (C=O) groups excluding carboxylic acids is 2. The maximum absolute atomic E-state index is 12.6. The minimum atomic E-state index is -3.70. The van der Waals surface area contributed by atoms with Crippen LogP contribution in [0.4, 0.5) is 11.4 Å². The second kappa shape index (κ2) is 11.8. The minimum Gasteiger partial charge on any atom is -0.322 e. The maximum Gasteiger partial charge on any atom is 0.260 e. The van der Waals surface area contributed by atoms with Crippen LogP contribution in [-0.4, -0.2) is 38.7 Å². The highest BCUT2D eigenvalue weighted by molar-refractivity contribution is 7.92. The molecule has 3 aromatic rings. The van der Waals surface area contributed by atoms with Crippen LogP contribution in [-0.2, 0) is 21.2 Å². The van der Waals surface area contributed by atoms with Crippen molar-refractivity contribution in [3.05, 3.63) is 94.5 Å². The average molecular weight is 527 g/mol. The van der Waals surface area contributed by atoms with E-state index in [0.717, 1.165) is 16.1 Å². The lowest BCUT2D eigenvalue weighted by atomic mass is 10.1. The molecule has 0 fully saturated rings. The highest BCUT2D eigenvalue weighted by Gasteiger charge is 2.22. The first-order valence-electron chi connectivity index (χ1n) is 11.1. The van der Waals surface area contributed by atoms with Gasteiger partial charge in [0.25, 0.3) is 11.8 Å². The van der Waals surface area contributed by atoms with E-state index < -0.39 is 22.5 Å². The van der Waals surface area contributed by atoms with Gasteiger partial charge in [0.05, 0.1) is 17.7 Å². The Morgan fingerprint density at radius 2 is 1.67 bits per heavy atom. The summed E-state index contributed by atoms with van der Waals surface area (Å²) in [5, 5.41) is 7.39. The van der Waals surface area contributed by atoms with E-state index in [-0.39, 0.29) is 5.91 Å². The fraction of sp³-hybridized carbons (Fsp3) is 0.192. The van der Waals surface area contributed by atoms with Gasteiger partial charge in [0, 0.05) is 16.3 Å². The Balaban J connectivity index is 1.71. The number of halogens is 1. The second-order valence-electron chi connectivity index (χ2n) is 8.03. The fourth-order valence-electron chi connectivity index (χ4n) is 3.47. The van der Waals surface area contributed by atoms with Crippen LogP contribution in [0.5, 0.6) is 0 Å². The third-order valence-electron chi connectivity index (χ3n) is 5.30. The molecule has 3 rings (SSSR count). The average Bonchev–Trinajstić information content (AvgIpc) is 2.85. The zero-order valence-electron chi connectivity index (χ0n) is 20.2. The summed E-state index contributed by atoms with van der Waals surface area (Å²) in [5.41, 5.74) is 5.79. The number of anilines is 2. The van der Waals surface area contributed by atoms with E-state index in [2.05, 4.69) is 15.8 Å². The molecule has 8 nitrogen and oxygen atoms in total. The van der Waals surface area contributed by atoms with Crippen molar-refractivity contribution in [2.24, 2.45) is 5.10 Å². The van der Waals surface area contributed by atoms with Crippen molar-refractivity contribution in [1.29, 1.82) is 0 Å². The summed E-state index contributed by atoms with van der Waals surface area (Å²) in [7, 11) is -3.70. The van der Waals surface area contributed by atoms with Crippen molar-refractivity contribution in [3.63, 3.8) is 0 Å². The summed E-state index contributed by atoms with van der Waals surface area (Å²) in [6.07, 6.45) is 1.68. The number of para-hydroxylation sites is 1. The molecule has 0 aliphatic heterocycles. The Labute approximate surface area is 216 Å². The van der Waals surface area contributed by atoms with Crippen molar-refractivity contribution >= 4 is 50.5 Å². The molecule has 0 bridgehead atoms. The Morgan fingerprint density at radius 3 is 2.36 bits per heavy atom. The zero-order chi connectivity index (χ0) is 26.3. The number of benzene rings is 3. The maximum atomic E-state index is 12.6. The highest BCUT2D eigenvalue weighted by atomic mass is 35.5. The first-order valence-corrected chi connectivity index (χ1v) is 13.4. The number of amides is 2. The Kier molecular flexibility index (Phi) is 8.84. The first-order chi connectivity index (χ1) is 17.1. The number of rotatable bonds is 9. The van der Waals surface area contributed by atoms with Gasteiger partial charge in [0.2, 0.25) is 10.0 Å². The van der Waals surface area contributed by atoms with Gasteiger partial charge in [-0.1, -0.05) is 54.9 Å². The summed E-state index contributed by atoms with van der Waals surface area (Å²) in [4.78, 5) is 25.1. The van der Waals surface area contributed by atoms with Crippen LogP contribution < -0.4 is 15.0 Å². The zero-order valence-corrected chi connectivity index (χ0v) is 21.7. The van der Waals surface area contributed by atoms with E-state index in [4.69, 9.17) is 11.6 Å². The summed E-state index contributed by atoms with van der Waals surface area (Å²) in [5.74, 6) is -0.901. The van der Waals surface area contributed by atoms with Gasteiger partial charge in [-0.15, -0.1) is 0 Å². The van der Waals surface area contributed by atoms with Gasteiger partial charge in [0.1, 0.15) is 6.54 Å². The Bertz CT molecular complexity index is 1410. The summed E-state index contributed by atoms with van der Waals surface area (Å²) >= 11 is 5.96. The van der Waals surface area contributed by atoms with Crippen LogP contribution in [0.15, 0.2) is 77.9 Å². The van der Waals surface area contributed by atoms with Crippen LogP contribution >= 0.6 is 11.6 Å². The standard InChI is InChI=1S/C26H27ClN4O4S/c1-4-19-9-5-6-14-24(19)31(36(3,34)35)17-25(32)30-29-18(2)20-10-8-13-23(16-20)28-26(33)21-11-7-12-22(27)15-21/h5-16H,4,17H2,1-3H3,(H,28,33)(H,30,32)/b29-18-. The molecule has 36 heavy (non-hydrogen) atoms. The van der Waals surface area contributed by atoms with Crippen molar-refractivity contribution in [2.45, 2.75) is 20.3 Å². The lowest BCUT2D eigenvalue weighted by molar-refractivity contribution is -0.119. The van der Waals surface area contributed by atoms with Crippen LogP contribution in [0.2, 0.25) is 5.02 Å². The largest absolute Gasteiger partial charge is 0.322 e. The molecule has 0 heterocycles. The smallest absolute Gasteiger partial charge is 0.260 e. The van der Waals surface area contributed by atoms with Crippen molar-refractivity contribution in [1.82, 2.24) is 5.43 Å². The quantitative estimate of drug-likeness (QED) is 0.317. The van der Waals surface area contributed by atoms with Gasteiger partial charge in [-0.2, -0.15) is 5.10 Å². The van der Waals surface area contributed by atoms with E-state index in [1.54, 1.807) is 67.6 Å². The molecule has 2 N–H and O–H groups in total. The number of hydrogen-bond acceptors (Lipinski definition) is 5. The first kappa shape index (κ1) is 26.9. The van der Waals surface area contributed by atoms with Gasteiger partial charge >= 0.3 is 0 Å². The van der Waals surface area contributed by atoms with Crippen LogP contribution in [0.3, 0.4) is 0 Å². The molecule has 3 aromatic carbocycles. The lowest BCUT2D eigenvalue weighted by Gasteiger charge is -2.23. The SMILES string of the molecule is CCc1ccccc1N(CC(=O)N/N=C(/C)c1cccc(NC(=O)c2cccc(Cl)c2)c1)S(C)(=O)=O. The van der Waals surface area contributed by atoms with E-state index >= 15 is 0 Å². The lowest BCUT2D eigenvalue weighted by Crippen LogP contribution is -2.39. The third-order valence-corrected chi connectivity index (χ3v) is 6.66. The van der Waals surface area contributed by atoms with E-state index in [1.807, 2.05) is 19.1 Å². The second-order valence-corrected chi connectivity index (χ2v) is 10.4. The molecule has 0 saturated carbocycles. The summed E-state index contributed by atoms with van der Waals surface area (Å²) in [6, 6.07) is 20.6. The molecule has 188 valence electrons. The number of carbonyl (C=O) groups is 2. The van der Waals surface area contributed by atoms with Crippen LogP contribution in [0, 0.1) is 0 Å². The molecule has 0 radical (unpaired) electrons. The fourth-order valence-corrected chi connectivity index (χ4v) is 4.54. The number of hydrogen-bond donors (Lipinski definition) is 2. The molecule has 2 amide bonds. The van der Waals surface area contributed by atoms with Crippen molar-refractivity contribution in [3.8, 4) is 0 Å². The monoisotopic (exact) mass is 526 g/mol. The molecule has 0 aromatic heterocycles. The van der Waals surface area contributed by atoms with Crippen molar-refractivity contribution < 1.29 is 18.0 Å². The predicted molar refractivity (Wildman–Crippen MR) is 144 cm³/mol. The summed E-state index contributed by atoms with van der Waals surface area (Å²) in [6.45, 7) is 3.19. The molecule has 0 atom stereocenters. The Hall–Kier alpha value is -3.69. The Morgan fingerprint density at radius 1 is 0.972 bits per heavy atom. The van der Waals surface area contributed by atoms with Gasteiger partial charge in [-0.05, 0) is 60.9 Å². The highest BCUT2D eigenvalue weighted by Crippen LogP contribution is 2.23. The van der Waals surface area contributed by atoms with Crippen LogP contribution in [0.25, 0.3) is 0 Å². The number of nitrogens with one attached hydrogen (secondary N) is 2. The molecular weight excluding hydrogens is 500 g/mol. The normalized spacial score (nSPS) is 11.6. The predicted octanol–water partition coefficient (Wildman–Crippen LogP) is 4.46. The molecule has 10 heteroatoms. The number of nitrogens with zero attached hydrogens (tertiary/aromatic N) is 2. The van der Waals surface area contributed by atoms with E-state index in [0.29, 0.717) is 39.7 Å². The molecule has 0 spiro atoms. The van der Waals surface area contributed by atoms with Crippen molar-refractivity contribution in [2.75, 3.05) is 22.4 Å². The number of hydrazone groups is 1. The number of aryl methyl sites for hydroxylation is 1. The van der Waals surface area contributed by atoms with Gasteiger partial charge in [-0.3, -0.25) is 13.9 Å². The minimum absolute atomic E-state index is 0.314. The third kappa shape index (κ3) is 7.16. The topological polar surface area (TPSA) is 108 Å². The van der Waals surface area contributed by atoms with Gasteiger partial charge in [0.15, 0.2) is 0 Å². The van der Waals surface area contributed by atoms with Gasteiger partial charge < -0.3 is 5.32 Å². The molecule has 0 aliphatic carbocycles. The molecule has 0 saturated heterocycles. The molecular formula is C26H27ClN4O4S. The van der Waals surface area contributed by atoms with Gasteiger partial charge in [-0.25, -0.2) is 13.8 Å². The molecule has 0 aliphatic rings. The molecule has 0 unspecified atom stereocenters. The summed E-state index contributed by atoms with van der Waals surface area (Å²) < 4.78 is 25.9. The van der Waals surface area contributed by atoms with E-state index in [9.17, 15) is 18.0 Å². The van der Waals surface area contributed by atoms with Crippen LogP contribution in [0.1, 0.15) is 35.3 Å².